The second-order valence-electron chi connectivity index (χ2n) is 4.45. The second-order valence-corrected chi connectivity index (χ2v) is 5.37. The van der Waals surface area contributed by atoms with Gasteiger partial charge in [-0.1, -0.05) is 40.2 Å². The first-order valence-electron chi connectivity index (χ1n) is 6.55. The van der Waals surface area contributed by atoms with Crippen LogP contribution in [0.3, 0.4) is 0 Å². The fraction of sp³-hybridized carbons (Fsp3) is 0.250. The van der Waals surface area contributed by atoms with Gasteiger partial charge < -0.3 is 15.2 Å². The number of aliphatic hydroxyl groups excluding tert-OH is 1. The van der Waals surface area contributed by atoms with Gasteiger partial charge in [0.2, 0.25) is 0 Å². The van der Waals surface area contributed by atoms with Crippen LogP contribution in [0.1, 0.15) is 11.1 Å². The molecule has 0 fully saturated rings. The Morgan fingerprint density at radius 2 is 1.60 bits per heavy atom. The molecule has 106 valence electrons. The Balaban J connectivity index is 1.64. The lowest BCUT2D eigenvalue weighted by molar-refractivity contribution is 0.282. The van der Waals surface area contributed by atoms with Crippen LogP contribution in [0.2, 0.25) is 0 Å². The number of benzene rings is 2. The van der Waals surface area contributed by atoms with Crippen LogP contribution in [-0.2, 0) is 13.2 Å². The van der Waals surface area contributed by atoms with Crippen molar-refractivity contribution in [3.05, 3.63) is 64.1 Å². The monoisotopic (exact) mass is 335 g/mol. The first-order valence-corrected chi connectivity index (χ1v) is 7.35. The van der Waals surface area contributed by atoms with Gasteiger partial charge >= 0.3 is 0 Å². The summed E-state index contributed by atoms with van der Waals surface area (Å²) in [4.78, 5) is 0. The molecule has 2 aromatic rings. The third kappa shape index (κ3) is 4.96. The fourth-order valence-corrected chi connectivity index (χ4v) is 2.03. The molecule has 0 aromatic heterocycles. The van der Waals surface area contributed by atoms with Crippen LogP contribution in [0, 0.1) is 0 Å². The topological polar surface area (TPSA) is 41.5 Å². The smallest absolute Gasteiger partial charge is 0.119 e. The predicted octanol–water partition coefficient (Wildman–Crippen LogP) is 3.11. The van der Waals surface area contributed by atoms with Gasteiger partial charge in [0.25, 0.3) is 0 Å². The molecule has 0 saturated carbocycles. The molecule has 2 rings (SSSR count). The zero-order valence-electron chi connectivity index (χ0n) is 11.2. The molecule has 0 unspecified atom stereocenters. The highest BCUT2D eigenvalue weighted by molar-refractivity contribution is 9.10. The summed E-state index contributed by atoms with van der Waals surface area (Å²) in [7, 11) is 0. The van der Waals surface area contributed by atoms with Crippen molar-refractivity contribution in [3.63, 3.8) is 0 Å². The van der Waals surface area contributed by atoms with Crippen molar-refractivity contribution in [1.29, 1.82) is 0 Å². The van der Waals surface area contributed by atoms with E-state index in [1.54, 1.807) is 0 Å². The normalized spacial score (nSPS) is 10.5. The van der Waals surface area contributed by atoms with E-state index >= 15 is 0 Å². The first kappa shape index (κ1) is 15.0. The Hall–Kier alpha value is -1.36. The van der Waals surface area contributed by atoms with Crippen molar-refractivity contribution in [2.24, 2.45) is 0 Å². The average Bonchev–Trinajstić information content (AvgIpc) is 2.49. The molecule has 0 aliphatic carbocycles. The van der Waals surface area contributed by atoms with Crippen molar-refractivity contribution >= 4 is 15.9 Å². The molecule has 0 saturated heterocycles. The van der Waals surface area contributed by atoms with Gasteiger partial charge in [-0.25, -0.2) is 0 Å². The van der Waals surface area contributed by atoms with E-state index in [0.29, 0.717) is 6.61 Å². The number of rotatable bonds is 7. The molecule has 4 heteroatoms. The number of hydrogen-bond acceptors (Lipinski definition) is 3. The molecule has 0 amide bonds. The van der Waals surface area contributed by atoms with E-state index in [1.807, 2.05) is 48.5 Å². The van der Waals surface area contributed by atoms with Gasteiger partial charge in [0, 0.05) is 17.6 Å². The van der Waals surface area contributed by atoms with Gasteiger partial charge in [0.05, 0.1) is 6.61 Å². The summed E-state index contributed by atoms with van der Waals surface area (Å²) in [6, 6.07) is 15.7. The largest absolute Gasteiger partial charge is 0.492 e. The van der Waals surface area contributed by atoms with E-state index in [-0.39, 0.29) is 6.61 Å². The van der Waals surface area contributed by atoms with Gasteiger partial charge in [0.1, 0.15) is 12.4 Å². The maximum Gasteiger partial charge on any atom is 0.119 e. The first-order chi connectivity index (χ1) is 9.78. The van der Waals surface area contributed by atoms with E-state index in [2.05, 4.69) is 21.2 Å². The van der Waals surface area contributed by atoms with Gasteiger partial charge in [-0.2, -0.15) is 0 Å². The zero-order valence-corrected chi connectivity index (χ0v) is 12.8. The molecular weight excluding hydrogens is 318 g/mol. The molecule has 0 bridgehead atoms. The summed E-state index contributed by atoms with van der Waals surface area (Å²) in [6.45, 7) is 2.32. The van der Waals surface area contributed by atoms with E-state index in [4.69, 9.17) is 9.84 Å². The minimum Gasteiger partial charge on any atom is -0.492 e. The molecule has 2 N–H and O–H groups in total. The summed E-state index contributed by atoms with van der Waals surface area (Å²) in [5.74, 6) is 0.877. The van der Waals surface area contributed by atoms with Crippen LogP contribution in [0.15, 0.2) is 53.0 Å². The highest BCUT2D eigenvalue weighted by atomic mass is 79.9. The van der Waals surface area contributed by atoms with Gasteiger partial charge in [-0.3, -0.25) is 0 Å². The number of ether oxygens (including phenoxy) is 1. The summed E-state index contributed by atoms with van der Waals surface area (Å²) in [6.07, 6.45) is 0. The minimum atomic E-state index is 0.0920. The second kappa shape index (κ2) is 8.04. The lowest BCUT2D eigenvalue weighted by Crippen LogP contribution is -2.20. The third-order valence-electron chi connectivity index (χ3n) is 2.90. The van der Waals surface area contributed by atoms with Crippen molar-refractivity contribution in [2.45, 2.75) is 13.2 Å². The molecule has 0 atom stereocenters. The molecule has 20 heavy (non-hydrogen) atoms. The third-order valence-corrected chi connectivity index (χ3v) is 3.42. The summed E-state index contributed by atoms with van der Waals surface area (Å²) < 4.78 is 6.67. The van der Waals surface area contributed by atoms with Gasteiger partial charge in [-0.15, -0.1) is 0 Å². The highest BCUT2D eigenvalue weighted by Crippen LogP contribution is 2.15. The molecule has 0 aliphatic heterocycles. The maximum absolute atomic E-state index is 8.96. The van der Waals surface area contributed by atoms with E-state index in [9.17, 15) is 0 Å². The maximum atomic E-state index is 8.96. The van der Waals surface area contributed by atoms with Crippen LogP contribution >= 0.6 is 15.9 Å². The molecule has 2 aromatic carbocycles. The minimum absolute atomic E-state index is 0.0920. The summed E-state index contributed by atoms with van der Waals surface area (Å²) in [5, 5.41) is 12.3. The van der Waals surface area contributed by atoms with Crippen LogP contribution in [0.25, 0.3) is 0 Å². The lowest BCUT2D eigenvalue weighted by atomic mass is 10.1. The molecule has 0 radical (unpaired) electrons. The van der Waals surface area contributed by atoms with E-state index in [1.165, 1.54) is 5.56 Å². The van der Waals surface area contributed by atoms with E-state index < -0.39 is 0 Å². The van der Waals surface area contributed by atoms with Crippen molar-refractivity contribution in [1.82, 2.24) is 5.32 Å². The SMILES string of the molecule is OCc1ccc(CNCCOc2ccc(Br)cc2)cc1. The summed E-state index contributed by atoms with van der Waals surface area (Å²) >= 11 is 3.39. The van der Waals surface area contributed by atoms with Crippen molar-refractivity contribution < 1.29 is 9.84 Å². The van der Waals surface area contributed by atoms with Crippen molar-refractivity contribution in [3.8, 4) is 5.75 Å². The molecule has 3 nitrogen and oxygen atoms in total. The van der Waals surface area contributed by atoms with Crippen LogP contribution < -0.4 is 10.1 Å². The number of nitrogens with one attached hydrogen (secondary N) is 1. The molecule has 0 spiro atoms. The van der Waals surface area contributed by atoms with Crippen LogP contribution in [0.4, 0.5) is 0 Å². The Kier molecular flexibility index (Phi) is 6.05. The van der Waals surface area contributed by atoms with Crippen molar-refractivity contribution in [2.75, 3.05) is 13.2 Å². The quantitative estimate of drug-likeness (QED) is 0.764. The van der Waals surface area contributed by atoms with Gasteiger partial charge in [0.15, 0.2) is 0 Å². The number of halogens is 1. The zero-order chi connectivity index (χ0) is 14.2. The Labute approximate surface area is 127 Å². The standard InChI is InChI=1S/C16H18BrNO2/c17-15-5-7-16(8-6-15)20-10-9-18-11-13-1-3-14(12-19)4-2-13/h1-8,18-19H,9-12H2. The average molecular weight is 336 g/mol. The molecular formula is C16H18BrNO2. The number of hydrogen-bond donors (Lipinski definition) is 2. The molecule has 0 aliphatic rings. The number of aliphatic hydroxyl groups is 1. The van der Waals surface area contributed by atoms with Crippen LogP contribution in [0.5, 0.6) is 5.75 Å². The highest BCUT2D eigenvalue weighted by Gasteiger charge is 1.96. The Bertz CT molecular complexity index is 511. The Morgan fingerprint density at radius 3 is 2.25 bits per heavy atom. The fourth-order valence-electron chi connectivity index (χ4n) is 1.77. The van der Waals surface area contributed by atoms with E-state index in [0.717, 1.165) is 28.9 Å². The van der Waals surface area contributed by atoms with Crippen LogP contribution in [-0.4, -0.2) is 18.3 Å². The molecule has 0 heterocycles. The Morgan fingerprint density at radius 1 is 0.950 bits per heavy atom. The predicted molar refractivity (Wildman–Crippen MR) is 83.7 cm³/mol. The lowest BCUT2D eigenvalue weighted by Gasteiger charge is -2.08. The van der Waals surface area contributed by atoms with Gasteiger partial charge in [-0.05, 0) is 35.4 Å². The summed E-state index contributed by atoms with van der Waals surface area (Å²) in [5.41, 5.74) is 2.14.